The molecule has 1 aromatic carbocycles. The van der Waals surface area contributed by atoms with Gasteiger partial charge in [0.15, 0.2) is 6.61 Å². The highest BCUT2D eigenvalue weighted by Crippen LogP contribution is 2.22. The minimum Gasteiger partial charge on any atom is -0.484 e. The number of rotatable bonds is 4. The van der Waals surface area contributed by atoms with Crippen LogP contribution in [0, 0.1) is 5.82 Å². The normalized spacial score (nSPS) is 15.2. The molecule has 2 aromatic rings. The van der Waals surface area contributed by atoms with E-state index in [1.54, 1.807) is 6.07 Å². The summed E-state index contributed by atoms with van der Waals surface area (Å²) in [5.74, 6) is 0.124. The third kappa shape index (κ3) is 2.68. The Morgan fingerprint density at radius 3 is 2.95 bits per heavy atom. The highest BCUT2D eigenvalue weighted by Gasteiger charge is 2.27. The molecule has 1 fully saturated rings. The second-order valence-corrected chi connectivity index (χ2v) is 4.92. The number of benzene rings is 1. The number of hydrogen-bond donors (Lipinski definition) is 1. The molecule has 0 radical (unpaired) electrons. The van der Waals surface area contributed by atoms with Crippen LogP contribution in [0.2, 0.25) is 5.02 Å². The van der Waals surface area contributed by atoms with Crippen molar-refractivity contribution in [2.24, 2.45) is 5.73 Å². The standard InChI is InChI=1S/C12H12ClFN4O2/c13-9-2-1-8(3-10(9)14)19-6-11-16-17-12(20-11)18-4-7(15)5-18/h1-3,7H,4-6,15H2. The van der Waals surface area contributed by atoms with Crippen molar-refractivity contribution in [2.75, 3.05) is 18.0 Å². The average molecular weight is 299 g/mol. The van der Waals surface area contributed by atoms with E-state index in [1.165, 1.54) is 12.1 Å². The van der Waals surface area contributed by atoms with Gasteiger partial charge < -0.3 is 19.8 Å². The lowest BCUT2D eigenvalue weighted by atomic mass is 10.1. The molecule has 0 atom stereocenters. The van der Waals surface area contributed by atoms with Crippen LogP contribution in [0.4, 0.5) is 10.4 Å². The molecule has 1 aliphatic rings. The fourth-order valence-corrected chi connectivity index (χ4v) is 1.93. The molecule has 0 unspecified atom stereocenters. The topological polar surface area (TPSA) is 77.4 Å². The van der Waals surface area contributed by atoms with E-state index < -0.39 is 5.82 Å². The van der Waals surface area contributed by atoms with E-state index in [0.29, 0.717) is 30.7 Å². The minimum atomic E-state index is -0.537. The molecule has 1 aromatic heterocycles. The average Bonchev–Trinajstić information content (AvgIpc) is 2.85. The maximum atomic E-state index is 13.2. The monoisotopic (exact) mass is 298 g/mol. The first-order valence-electron chi connectivity index (χ1n) is 6.02. The molecule has 2 heterocycles. The largest absolute Gasteiger partial charge is 0.484 e. The molecule has 20 heavy (non-hydrogen) atoms. The summed E-state index contributed by atoms with van der Waals surface area (Å²) in [4.78, 5) is 1.88. The summed E-state index contributed by atoms with van der Waals surface area (Å²) >= 11 is 5.58. The highest BCUT2D eigenvalue weighted by atomic mass is 35.5. The molecule has 6 nitrogen and oxygen atoms in total. The summed E-state index contributed by atoms with van der Waals surface area (Å²) < 4.78 is 24.0. The van der Waals surface area contributed by atoms with Crippen LogP contribution in [-0.4, -0.2) is 29.3 Å². The van der Waals surface area contributed by atoms with Crippen LogP contribution in [0.15, 0.2) is 22.6 Å². The Bertz CT molecular complexity index is 615. The third-order valence-corrected chi connectivity index (χ3v) is 3.20. The summed E-state index contributed by atoms with van der Waals surface area (Å²) in [6.45, 7) is 1.46. The fraction of sp³-hybridized carbons (Fsp3) is 0.333. The third-order valence-electron chi connectivity index (χ3n) is 2.89. The zero-order chi connectivity index (χ0) is 14.1. The SMILES string of the molecule is NC1CN(c2nnc(COc3ccc(Cl)c(F)c3)o2)C1. The minimum absolute atomic E-state index is 0.0477. The Balaban J connectivity index is 1.59. The zero-order valence-corrected chi connectivity index (χ0v) is 11.2. The zero-order valence-electron chi connectivity index (χ0n) is 10.4. The van der Waals surface area contributed by atoms with Gasteiger partial charge in [0.05, 0.1) is 5.02 Å². The number of hydrogen-bond acceptors (Lipinski definition) is 6. The second kappa shape index (κ2) is 5.26. The van der Waals surface area contributed by atoms with Gasteiger partial charge in [-0.2, -0.15) is 0 Å². The lowest BCUT2D eigenvalue weighted by Gasteiger charge is -2.34. The van der Waals surface area contributed by atoms with Crippen molar-refractivity contribution in [3.8, 4) is 5.75 Å². The van der Waals surface area contributed by atoms with E-state index in [2.05, 4.69) is 10.2 Å². The quantitative estimate of drug-likeness (QED) is 0.923. The molecule has 1 saturated heterocycles. The van der Waals surface area contributed by atoms with Gasteiger partial charge in [0.25, 0.3) is 5.89 Å². The number of ether oxygens (including phenoxy) is 1. The van der Waals surface area contributed by atoms with Crippen molar-refractivity contribution in [3.63, 3.8) is 0 Å². The Morgan fingerprint density at radius 1 is 1.45 bits per heavy atom. The fourth-order valence-electron chi connectivity index (χ4n) is 1.81. The maximum absolute atomic E-state index is 13.2. The van der Waals surface area contributed by atoms with E-state index in [-0.39, 0.29) is 17.7 Å². The van der Waals surface area contributed by atoms with Crippen LogP contribution >= 0.6 is 11.6 Å². The van der Waals surface area contributed by atoms with Gasteiger partial charge in [-0.15, -0.1) is 5.10 Å². The van der Waals surface area contributed by atoms with Gasteiger partial charge in [0.1, 0.15) is 11.6 Å². The molecule has 106 valence electrons. The Labute approximate surface area is 119 Å². The molecule has 0 saturated carbocycles. The molecule has 0 amide bonds. The first-order valence-corrected chi connectivity index (χ1v) is 6.40. The van der Waals surface area contributed by atoms with Crippen molar-refractivity contribution in [1.29, 1.82) is 0 Å². The predicted molar refractivity (Wildman–Crippen MR) is 70.2 cm³/mol. The van der Waals surface area contributed by atoms with Gasteiger partial charge in [-0.1, -0.05) is 16.7 Å². The van der Waals surface area contributed by atoms with Crippen LogP contribution in [0.1, 0.15) is 5.89 Å². The first-order chi connectivity index (χ1) is 9.61. The van der Waals surface area contributed by atoms with Crippen molar-refractivity contribution >= 4 is 17.6 Å². The maximum Gasteiger partial charge on any atom is 0.318 e. The summed E-state index contributed by atoms with van der Waals surface area (Å²) in [6, 6.07) is 4.77. The summed E-state index contributed by atoms with van der Waals surface area (Å²) in [6.07, 6.45) is 0. The van der Waals surface area contributed by atoms with Gasteiger partial charge in [0, 0.05) is 25.2 Å². The van der Waals surface area contributed by atoms with Crippen molar-refractivity contribution in [2.45, 2.75) is 12.6 Å². The van der Waals surface area contributed by atoms with E-state index in [4.69, 9.17) is 26.5 Å². The van der Waals surface area contributed by atoms with Gasteiger partial charge in [-0.05, 0) is 12.1 Å². The summed E-state index contributed by atoms with van der Waals surface area (Å²) in [7, 11) is 0. The summed E-state index contributed by atoms with van der Waals surface area (Å²) in [5, 5.41) is 7.80. The van der Waals surface area contributed by atoms with Crippen LogP contribution in [0.3, 0.4) is 0 Å². The molecule has 2 N–H and O–H groups in total. The highest BCUT2D eigenvalue weighted by molar-refractivity contribution is 6.30. The Morgan fingerprint density at radius 2 is 2.25 bits per heavy atom. The lowest BCUT2D eigenvalue weighted by molar-refractivity contribution is 0.261. The number of nitrogens with two attached hydrogens (primary N) is 1. The number of anilines is 1. The number of aromatic nitrogens is 2. The van der Waals surface area contributed by atoms with Crippen LogP contribution in [0.25, 0.3) is 0 Å². The summed E-state index contributed by atoms with van der Waals surface area (Å²) in [5.41, 5.74) is 5.67. The Kier molecular flexibility index (Phi) is 3.45. The molecule has 1 aliphatic heterocycles. The number of nitrogens with zero attached hydrogens (tertiary/aromatic N) is 3. The van der Waals surface area contributed by atoms with Crippen LogP contribution < -0.4 is 15.4 Å². The molecule has 8 heteroatoms. The molecule has 3 rings (SSSR count). The molecular formula is C12H12ClFN4O2. The molecule has 0 spiro atoms. The van der Waals surface area contributed by atoms with E-state index in [9.17, 15) is 4.39 Å². The van der Waals surface area contributed by atoms with E-state index in [0.717, 1.165) is 0 Å². The van der Waals surface area contributed by atoms with E-state index >= 15 is 0 Å². The van der Waals surface area contributed by atoms with E-state index in [1.807, 2.05) is 4.90 Å². The lowest BCUT2D eigenvalue weighted by Crippen LogP contribution is -2.56. The van der Waals surface area contributed by atoms with Gasteiger partial charge in [0.2, 0.25) is 0 Å². The second-order valence-electron chi connectivity index (χ2n) is 4.51. The predicted octanol–water partition coefficient (Wildman–Crippen LogP) is 1.59. The first kappa shape index (κ1) is 13.1. The van der Waals surface area contributed by atoms with Crippen LogP contribution in [-0.2, 0) is 6.61 Å². The molecular weight excluding hydrogens is 287 g/mol. The van der Waals surface area contributed by atoms with Crippen molar-refractivity contribution in [3.05, 3.63) is 34.9 Å². The Hall–Kier alpha value is -1.86. The van der Waals surface area contributed by atoms with Crippen molar-refractivity contribution in [1.82, 2.24) is 10.2 Å². The van der Waals surface area contributed by atoms with Gasteiger partial charge in [-0.3, -0.25) is 0 Å². The smallest absolute Gasteiger partial charge is 0.318 e. The van der Waals surface area contributed by atoms with Gasteiger partial charge in [-0.25, -0.2) is 4.39 Å². The molecule has 0 aliphatic carbocycles. The molecule has 0 bridgehead atoms. The van der Waals surface area contributed by atoms with Gasteiger partial charge >= 0.3 is 6.01 Å². The van der Waals surface area contributed by atoms with Crippen molar-refractivity contribution < 1.29 is 13.5 Å². The van der Waals surface area contributed by atoms with Crippen LogP contribution in [0.5, 0.6) is 5.75 Å². The number of halogens is 2.